The minimum atomic E-state index is -4.84. The summed E-state index contributed by atoms with van der Waals surface area (Å²) in [6, 6.07) is 12.5. The van der Waals surface area contributed by atoms with E-state index >= 15 is 0 Å². The highest BCUT2D eigenvalue weighted by atomic mass is 32.2. The second kappa shape index (κ2) is 7.54. The molecule has 0 saturated carbocycles. The largest absolute Gasteiger partial charge is 0.470 e. The second-order valence-electron chi connectivity index (χ2n) is 5.70. The molecule has 152 valence electrons. The van der Waals surface area contributed by atoms with Crippen LogP contribution in [-0.2, 0) is 16.2 Å². The maximum absolute atomic E-state index is 12.7. The van der Waals surface area contributed by atoms with Gasteiger partial charge in [-0.05, 0) is 36.4 Å². The number of para-hydroxylation sites is 1. The summed E-state index contributed by atoms with van der Waals surface area (Å²) in [6.07, 6.45) is -4.84. The molecule has 1 heterocycles. The van der Waals surface area contributed by atoms with Crippen molar-refractivity contribution < 1.29 is 30.8 Å². The SMILES string of the molecule is CN(c1ccccc1)S(=O)(=O)c1ccc(C(=O)Nc2nnc(C(F)(F)F)o2)cc1. The van der Waals surface area contributed by atoms with Crippen LogP contribution in [0.4, 0.5) is 24.9 Å². The van der Waals surface area contributed by atoms with Gasteiger partial charge in [-0.3, -0.25) is 14.4 Å². The van der Waals surface area contributed by atoms with E-state index in [0.717, 1.165) is 4.31 Å². The fourth-order valence-electron chi connectivity index (χ4n) is 2.27. The Labute approximate surface area is 163 Å². The normalized spacial score (nSPS) is 11.9. The van der Waals surface area contributed by atoms with Gasteiger partial charge in [-0.1, -0.05) is 23.3 Å². The predicted molar refractivity (Wildman–Crippen MR) is 95.7 cm³/mol. The summed E-state index contributed by atoms with van der Waals surface area (Å²) in [4.78, 5) is 12.0. The highest BCUT2D eigenvalue weighted by molar-refractivity contribution is 7.92. The summed E-state index contributed by atoms with van der Waals surface area (Å²) in [6.45, 7) is 0. The monoisotopic (exact) mass is 426 g/mol. The number of carbonyl (C=O) groups is 1. The number of sulfonamides is 1. The molecular weight excluding hydrogens is 413 g/mol. The maximum Gasteiger partial charge on any atom is 0.470 e. The van der Waals surface area contributed by atoms with Gasteiger partial charge in [0.05, 0.1) is 10.6 Å². The van der Waals surface area contributed by atoms with Crippen molar-refractivity contribution in [3.05, 3.63) is 66.1 Å². The van der Waals surface area contributed by atoms with Crippen LogP contribution in [0.15, 0.2) is 63.9 Å². The fourth-order valence-corrected chi connectivity index (χ4v) is 3.47. The van der Waals surface area contributed by atoms with Gasteiger partial charge in [-0.25, -0.2) is 8.42 Å². The summed E-state index contributed by atoms with van der Waals surface area (Å²) >= 11 is 0. The molecule has 3 aromatic rings. The summed E-state index contributed by atoms with van der Waals surface area (Å²) < 4.78 is 68.1. The number of carbonyl (C=O) groups excluding carboxylic acids is 1. The number of hydrogen-bond donors (Lipinski definition) is 1. The van der Waals surface area contributed by atoms with E-state index < -0.39 is 34.0 Å². The standard InChI is InChI=1S/C17H13F3N4O4S/c1-24(12-5-3-2-4-6-12)29(26,27)13-9-7-11(8-10-13)14(25)21-16-23-22-15(28-16)17(18,19)20/h2-10H,1H3,(H,21,23,25). The summed E-state index contributed by atoms with van der Waals surface area (Å²) in [5.41, 5.74) is 0.434. The average Bonchev–Trinajstić information content (AvgIpc) is 3.17. The number of halogens is 3. The van der Waals surface area contributed by atoms with Crippen LogP contribution in [0.5, 0.6) is 0 Å². The van der Waals surface area contributed by atoms with Crippen LogP contribution in [0.2, 0.25) is 0 Å². The van der Waals surface area contributed by atoms with Crippen LogP contribution in [0.25, 0.3) is 0 Å². The first-order valence-corrected chi connectivity index (χ1v) is 9.39. The molecule has 8 nitrogen and oxygen atoms in total. The first-order chi connectivity index (χ1) is 13.6. The topological polar surface area (TPSA) is 105 Å². The lowest BCUT2D eigenvalue weighted by Gasteiger charge is -2.19. The zero-order valence-electron chi connectivity index (χ0n) is 14.7. The van der Waals surface area contributed by atoms with Crippen LogP contribution in [-0.4, -0.2) is 31.6 Å². The summed E-state index contributed by atoms with van der Waals surface area (Å²) in [7, 11) is -2.48. The quantitative estimate of drug-likeness (QED) is 0.672. The molecule has 1 aromatic heterocycles. The molecule has 3 rings (SSSR count). The Bertz CT molecular complexity index is 1110. The number of rotatable bonds is 5. The number of nitrogens with one attached hydrogen (secondary N) is 1. The van der Waals surface area contributed by atoms with Gasteiger partial charge in [-0.2, -0.15) is 13.2 Å². The first-order valence-electron chi connectivity index (χ1n) is 7.95. The zero-order chi connectivity index (χ0) is 21.2. The van der Waals surface area contributed by atoms with E-state index in [9.17, 15) is 26.4 Å². The Kier molecular flexibility index (Phi) is 5.29. The van der Waals surface area contributed by atoms with Gasteiger partial charge in [0.15, 0.2) is 0 Å². The van der Waals surface area contributed by atoms with Gasteiger partial charge >= 0.3 is 18.1 Å². The summed E-state index contributed by atoms with van der Waals surface area (Å²) in [5, 5.41) is 7.90. The molecule has 0 aliphatic heterocycles. The van der Waals surface area contributed by atoms with Crippen LogP contribution in [0.3, 0.4) is 0 Å². The van der Waals surface area contributed by atoms with Crippen LogP contribution in [0, 0.1) is 0 Å². The molecule has 0 bridgehead atoms. The van der Waals surface area contributed by atoms with E-state index in [1.807, 2.05) is 5.32 Å². The molecule has 0 saturated heterocycles. The Hall–Kier alpha value is -3.41. The predicted octanol–water partition coefficient (Wildman–Crippen LogP) is 3.17. The van der Waals surface area contributed by atoms with Crippen molar-refractivity contribution in [3.63, 3.8) is 0 Å². The van der Waals surface area contributed by atoms with Gasteiger partial charge in [0.1, 0.15) is 0 Å². The van der Waals surface area contributed by atoms with Gasteiger partial charge < -0.3 is 4.42 Å². The molecule has 0 fully saturated rings. The third kappa shape index (κ3) is 4.37. The lowest BCUT2D eigenvalue weighted by Crippen LogP contribution is -2.26. The van der Waals surface area contributed by atoms with Crippen molar-refractivity contribution in [3.8, 4) is 0 Å². The lowest BCUT2D eigenvalue weighted by atomic mass is 10.2. The molecule has 12 heteroatoms. The van der Waals surface area contributed by atoms with Crippen LogP contribution in [0.1, 0.15) is 16.2 Å². The van der Waals surface area contributed by atoms with Crippen molar-refractivity contribution in [2.75, 3.05) is 16.7 Å². The smallest absolute Gasteiger partial charge is 0.399 e. The Morgan fingerprint density at radius 1 is 1.03 bits per heavy atom. The van der Waals surface area contributed by atoms with E-state index in [0.29, 0.717) is 5.69 Å². The first kappa shape index (κ1) is 20.3. The van der Waals surface area contributed by atoms with Gasteiger partial charge in [0, 0.05) is 12.6 Å². The highest BCUT2D eigenvalue weighted by Gasteiger charge is 2.38. The molecule has 0 aliphatic carbocycles. The molecule has 1 N–H and O–H groups in total. The highest BCUT2D eigenvalue weighted by Crippen LogP contribution is 2.29. The molecule has 2 aromatic carbocycles. The average molecular weight is 426 g/mol. The maximum atomic E-state index is 12.7. The lowest BCUT2D eigenvalue weighted by molar-refractivity contribution is -0.156. The molecule has 0 radical (unpaired) electrons. The Morgan fingerprint density at radius 3 is 2.21 bits per heavy atom. The number of anilines is 2. The van der Waals surface area contributed by atoms with Crippen LogP contribution >= 0.6 is 0 Å². The van der Waals surface area contributed by atoms with Gasteiger partial charge in [-0.15, -0.1) is 5.10 Å². The molecule has 0 aliphatic rings. The summed E-state index contributed by atoms with van der Waals surface area (Å²) in [5.74, 6) is -2.44. The van der Waals surface area contributed by atoms with Crippen molar-refractivity contribution in [1.82, 2.24) is 10.2 Å². The number of nitrogens with zero attached hydrogens (tertiary/aromatic N) is 3. The van der Waals surface area contributed by atoms with Crippen molar-refractivity contribution in [2.45, 2.75) is 11.1 Å². The van der Waals surface area contributed by atoms with E-state index in [1.165, 1.54) is 31.3 Å². The number of aromatic nitrogens is 2. The molecular formula is C17H13F3N4O4S. The van der Waals surface area contributed by atoms with Gasteiger partial charge in [0.2, 0.25) is 0 Å². The number of alkyl halides is 3. The Balaban J connectivity index is 1.75. The van der Waals surface area contributed by atoms with Crippen molar-refractivity contribution >= 4 is 27.6 Å². The van der Waals surface area contributed by atoms with Crippen LogP contribution < -0.4 is 9.62 Å². The van der Waals surface area contributed by atoms with Crippen molar-refractivity contribution in [2.24, 2.45) is 0 Å². The third-order valence-electron chi connectivity index (χ3n) is 3.78. The number of benzene rings is 2. The molecule has 0 spiro atoms. The molecule has 29 heavy (non-hydrogen) atoms. The van der Waals surface area contributed by atoms with Crippen molar-refractivity contribution in [1.29, 1.82) is 0 Å². The number of amides is 1. The van der Waals surface area contributed by atoms with E-state index in [2.05, 4.69) is 14.6 Å². The fraction of sp³-hybridized carbons (Fsp3) is 0.118. The second-order valence-corrected chi connectivity index (χ2v) is 7.67. The van der Waals surface area contributed by atoms with Gasteiger partial charge in [0.25, 0.3) is 15.9 Å². The van der Waals surface area contributed by atoms with E-state index in [-0.39, 0.29) is 10.5 Å². The minimum absolute atomic E-state index is 0.0157. The third-order valence-corrected chi connectivity index (χ3v) is 5.58. The molecule has 0 unspecified atom stereocenters. The molecule has 1 amide bonds. The van der Waals surface area contributed by atoms with E-state index in [4.69, 9.17) is 0 Å². The Morgan fingerprint density at radius 2 is 1.66 bits per heavy atom. The minimum Gasteiger partial charge on any atom is -0.399 e. The van der Waals surface area contributed by atoms with E-state index in [1.54, 1.807) is 30.3 Å². The zero-order valence-corrected chi connectivity index (χ0v) is 15.5. The number of hydrogen-bond acceptors (Lipinski definition) is 6. The molecule has 0 atom stereocenters.